The molecule has 1 rings (SSSR count). The summed E-state index contributed by atoms with van der Waals surface area (Å²) < 4.78 is 16.0. The first-order valence-corrected chi connectivity index (χ1v) is 4.83. The van der Waals surface area contributed by atoms with Crippen molar-refractivity contribution in [3.63, 3.8) is 0 Å². The van der Waals surface area contributed by atoms with Gasteiger partial charge >= 0.3 is 0 Å². The van der Waals surface area contributed by atoms with Crippen LogP contribution in [0.25, 0.3) is 0 Å². The molecule has 0 fully saturated rings. The molecule has 1 unspecified atom stereocenters. The van der Waals surface area contributed by atoms with Crippen LogP contribution in [0, 0.1) is 0 Å². The monoisotopic (exact) mass is 288 g/mol. The van der Waals surface area contributed by atoms with Gasteiger partial charge in [0, 0.05) is 18.5 Å². The number of aromatic nitrogens is 2. The Morgan fingerprint density at radius 2 is 2.38 bits per heavy atom. The van der Waals surface area contributed by atoms with E-state index in [1.54, 1.807) is 0 Å². The predicted octanol–water partition coefficient (Wildman–Crippen LogP) is 1.34. The zero-order chi connectivity index (χ0) is 11.4. The Morgan fingerprint density at radius 3 is 2.75 bits per heavy atom. The van der Waals surface area contributed by atoms with E-state index in [0.29, 0.717) is 0 Å². The van der Waals surface area contributed by atoms with Crippen LogP contribution in [0.15, 0.2) is 5.16 Å². The summed E-state index contributed by atoms with van der Waals surface area (Å²) in [6, 6.07) is 0. The van der Waals surface area contributed by atoms with Crippen molar-refractivity contribution in [3.05, 3.63) is 5.82 Å². The van der Waals surface area contributed by atoms with Gasteiger partial charge in [-0.25, -0.2) is 0 Å². The van der Waals surface area contributed by atoms with Gasteiger partial charge in [0.15, 0.2) is 5.13 Å². The van der Waals surface area contributed by atoms with Gasteiger partial charge in [-0.2, -0.15) is 13.7 Å². The van der Waals surface area contributed by atoms with Crippen LogP contribution in [0.2, 0.25) is 0 Å². The quantitative estimate of drug-likeness (QED) is 0.513. The number of halogens is 3. The van der Waals surface area contributed by atoms with Crippen molar-refractivity contribution in [3.8, 4) is 0 Å². The topological polar surface area (TPSA) is 90.5 Å². The van der Waals surface area contributed by atoms with Crippen molar-refractivity contribution in [1.29, 1.82) is 0 Å². The summed E-state index contributed by atoms with van der Waals surface area (Å²) in [5.41, 5.74) is 4.91. The van der Waals surface area contributed by atoms with Crippen LogP contribution in [0.5, 0.6) is 0 Å². The summed E-state index contributed by atoms with van der Waals surface area (Å²) in [6.45, 7) is 1.10. The molecule has 90 valence electrons. The van der Waals surface area contributed by atoms with E-state index in [2.05, 4.69) is 19.4 Å². The Bertz CT molecular complexity index is 398. The van der Waals surface area contributed by atoms with E-state index < -0.39 is 11.6 Å². The number of rotatable bonds is 4. The van der Waals surface area contributed by atoms with Gasteiger partial charge in [-0.05, 0) is 11.6 Å². The van der Waals surface area contributed by atoms with Crippen LogP contribution in [0.3, 0.4) is 0 Å². The highest BCUT2D eigenvalue weighted by atomic mass is 35.5. The second kappa shape index (κ2) is 6.56. The van der Waals surface area contributed by atoms with E-state index >= 15 is 0 Å². The lowest BCUT2D eigenvalue weighted by Crippen LogP contribution is -2.13. The molecule has 0 radical (unpaired) electrons. The molecule has 0 spiro atoms. The molecule has 1 aromatic rings. The molecule has 1 heterocycles. The van der Waals surface area contributed by atoms with Gasteiger partial charge in [0.2, 0.25) is 11.5 Å². The Balaban J connectivity index is 0.00000225. The molecule has 16 heavy (non-hydrogen) atoms. The molecule has 0 saturated heterocycles. The average molecular weight is 289 g/mol. The van der Waals surface area contributed by atoms with Crippen molar-refractivity contribution in [2.45, 2.75) is 13.3 Å². The molecular formula is C6H7Cl2FN4O2S. The first-order valence-electron chi connectivity index (χ1n) is 3.68. The summed E-state index contributed by atoms with van der Waals surface area (Å²) in [5, 5.41) is 2.38. The van der Waals surface area contributed by atoms with Crippen molar-refractivity contribution in [2.24, 2.45) is 5.16 Å². The van der Waals surface area contributed by atoms with E-state index in [9.17, 15) is 9.18 Å². The molecule has 1 atom stereocenters. The largest absolute Gasteiger partial charge is 0.374 e. The van der Waals surface area contributed by atoms with E-state index in [1.807, 2.05) is 0 Å². The number of carbonyl (C=O) groups is 1. The molecule has 0 aliphatic rings. The van der Waals surface area contributed by atoms with Crippen LogP contribution in [0.4, 0.5) is 9.52 Å². The fourth-order valence-electron chi connectivity index (χ4n) is 0.621. The lowest BCUT2D eigenvalue weighted by atomic mass is 10.4. The molecule has 0 saturated carbocycles. The van der Waals surface area contributed by atoms with Crippen molar-refractivity contribution < 1.29 is 14.0 Å². The summed E-state index contributed by atoms with van der Waals surface area (Å²) in [5.74, 6) is -0.0850. The van der Waals surface area contributed by atoms with E-state index in [-0.39, 0.29) is 29.1 Å². The van der Waals surface area contributed by atoms with Crippen LogP contribution < -0.4 is 5.73 Å². The summed E-state index contributed by atoms with van der Waals surface area (Å²) in [6.07, 6.45) is -1.66. The lowest BCUT2D eigenvalue weighted by molar-refractivity contribution is -0.106. The maximum Gasteiger partial charge on any atom is 0.278 e. The number of hydrogen-bond acceptors (Lipinski definition) is 7. The Labute approximate surface area is 105 Å². The molecular weight excluding hydrogens is 282 g/mol. The maximum atomic E-state index is 12.3. The van der Waals surface area contributed by atoms with Gasteiger partial charge < -0.3 is 10.6 Å². The highest BCUT2D eigenvalue weighted by Gasteiger charge is 2.18. The number of nitrogen functional groups attached to an aromatic ring is 1. The normalized spacial score (nSPS) is 12.8. The van der Waals surface area contributed by atoms with Gasteiger partial charge in [0.05, 0.1) is 0 Å². The number of oxime groups is 1. The van der Waals surface area contributed by atoms with E-state index in [4.69, 9.17) is 17.3 Å². The lowest BCUT2D eigenvalue weighted by Gasteiger charge is -1.99. The minimum Gasteiger partial charge on any atom is -0.374 e. The van der Waals surface area contributed by atoms with Gasteiger partial charge in [-0.15, -0.1) is 12.4 Å². The number of alkyl halides is 1. The third-order valence-electron chi connectivity index (χ3n) is 1.13. The van der Waals surface area contributed by atoms with Gasteiger partial charge in [-0.3, -0.25) is 4.79 Å². The molecule has 0 amide bonds. The second-order valence-electron chi connectivity index (χ2n) is 2.32. The number of nitrogens with zero attached hydrogens (tertiary/aromatic N) is 3. The Hall–Kier alpha value is -0.990. The fourth-order valence-corrected chi connectivity index (χ4v) is 1.17. The minimum absolute atomic E-state index is 0. The summed E-state index contributed by atoms with van der Waals surface area (Å²) >= 11 is 6.04. The SMILES string of the molecule is CC(F)O/N=C(\C(=O)Cl)c1nsc(N)n1.Cl. The Kier molecular flexibility index (Phi) is 6.16. The molecule has 2 N–H and O–H groups in total. The van der Waals surface area contributed by atoms with Crippen molar-refractivity contribution >= 4 is 51.6 Å². The van der Waals surface area contributed by atoms with Crippen LogP contribution in [-0.2, 0) is 9.63 Å². The van der Waals surface area contributed by atoms with Crippen LogP contribution in [0.1, 0.15) is 12.7 Å². The smallest absolute Gasteiger partial charge is 0.278 e. The molecule has 0 bridgehead atoms. The summed E-state index contributed by atoms with van der Waals surface area (Å²) in [7, 11) is 0. The van der Waals surface area contributed by atoms with Gasteiger partial charge in [0.25, 0.3) is 11.6 Å². The van der Waals surface area contributed by atoms with Crippen LogP contribution in [-0.4, -0.2) is 26.7 Å². The highest BCUT2D eigenvalue weighted by molar-refractivity contribution is 7.09. The van der Waals surface area contributed by atoms with E-state index in [1.165, 1.54) is 0 Å². The fraction of sp³-hybridized carbons (Fsp3) is 0.333. The molecule has 0 aromatic carbocycles. The second-order valence-corrected chi connectivity index (χ2v) is 3.44. The zero-order valence-corrected chi connectivity index (χ0v) is 10.3. The molecule has 0 aliphatic carbocycles. The van der Waals surface area contributed by atoms with E-state index in [0.717, 1.165) is 18.5 Å². The number of anilines is 1. The predicted molar refractivity (Wildman–Crippen MR) is 60.6 cm³/mol. The summed E-state index contributed by atoms with van der Waals surface area (Å²) in [4.78, 5) is 18.8. The van der Waals surface area contributed by atoms with Gasteiger partial charge in [0.1, 0.15) is 0 Å². The van der Waals surface area contributed by atoms with Crippen molar-refractivity contribution in [2.75, 3.05) is 5.73 Å². The number of hydrogen-bond donors (Lipinski definition) is 1. The third kappa shape index (κ3) is 4.25. The molecule has 6 nitrogen and oxygen atoms in total. The number of carbonyl (C=O) groups excluding carboxylic acids is 1. The number of nitrogens with two attached hydrogens (primary N) is 1. The molecule has 10 heteroatoms. The first kappa shape index (κ1) is 15.0. The maximum absolute atomic E-state index is 12.3. The standard InChI is InChI=1S/C6H6ClFN4O2S.ClH/c1-2(8)14-11-3(4(7)13)5-10-6(9)15-12-5;/h2H,1H3,(H2,9,10,12);1H/b11-3+;. The van der Waals surface area contributed by atoms with Gasteiger partial charge in [-0.1, -0.05) is 5.16 Å². The van der Waals surface area contributed by atoms with Crippen molar-refractivity contribution in [1.82, 2.24) is 9.36 Å². The molecule has 0 aliphatic heterocycles. The average Bonchev–Trinajstić information content (AvgIpc) is 2.51. The highest BCUT2D eigenvalue weighted by Crippen LogP contribution is 2.09. The Morgan fingerprint density at radius 1 is 1.75 bits per heavy atom. The van der Waals surface area contributed by atoms with Crippen LogP contribution >= 0.6 is 35.5 Å². The first-order chi connectivity index (χ1) is 7.00. The minimum atomic E-state index is -1.66. The third-order valence-corrected chi connectivity index (χ3v) is 1.85. The zero-order valence-electron chi connectivity index (χ0n) is 7.89. The molecule has 1 aromatic heterocycles.